The standard InChI is InChI=1S/C11H12BrN3O/c12-9-3-1-2-4-10(9)16-8-7-15-6-5-11(13)14-15/h1-6H,7-8H2,(H2,13,14). The van der Waals surface area contributed by atoms with E-state index in [2.05, 4.69) is 21.0 Å². The fraction of sp³-hybridized carbons (Fsp3) is 0.182. The summed E-state index contributed by atoms with van der Waals surface area (Å²) in [7, 11) is 0. The van der Waals surface area contributed by atoms with Crippen LogP contribution in [0.1, 0.15) is 0 Å². The zero-order valence-electron chi connectivity index (χ0n) is 8.64. The molecule has 0 aliphatic carbocycles. The molecule has 84 valence electrons. The lowest BCUT2D eigenvalue weighted by molar-refractivity contribution is 0.290. The Balaban J connectivity index is 1.87. The molecule has 1 aromatic carbocycles. The third-order valence-electron chi connectivity index (χ3n) is 2.08. The number of nitrogen functional groups attached to an aromatic ring is 1. The maximum Gasteiger partial charge on any atom is 0.145 e. The molecule has 0 spiro atoms. The van der Waals surface area contributed by atoms with E-state index in [4.69, 9.17) is 10.5 Å². The van der Waals surface area contributed by atoms with Crippen LogP contribution in [0, 0.1) is 0 Å². The molecular weight excluding hydrogens is 270 g/mol. The topological polar surface area (TPSA) is 53.1 Å². The van der Waals surface area contributed by atoms with E-state index in [1.807, 2.05) is 30.5 Å². The summed E-state index contributed by atoms with van der Waals surface area (Å²) in [6.07, 6.45) is 1.83. The number of benzene rings is 1. The Kier molecular flexibility index (Phi) is 3.46. The minimum atomic E-state index is 0.529. The Bertz CT molecular complexity index is 470. The van der Waals surface area contributed by atoms with Crippen molar-refractivity contribution < 1.29 is 4.74 Å². The summed E-state index contributed by atoms with van der Waals surface area (Å²) in [5.74, 6) is 1.36. The first-order valence-electron chi connectivity index (χ1n) is 4.92. The first-order chi connectivity index (χ1) is 7.75. The summed E-state index contributed by atoms with van der Waals surface area (Å²) in [5.41, 5.74) is 5.51. The average Bonchev–Trinajstić information content (AvgIpc) is 2.67. The van der Waals surface area contributed by atoms with E-state index in [9.17, 15) is 0 Å². The molecule has 4 nitrogen and oxygen atoms in total. The van der Waals surface area contributed by atoms with Gasteiger partial charge in [0.2, 0.25) is 0 Å². The van der Waals surface area contributed by atoms with Gasteiger partial charge in [0.1, 0.15) is 18.2 Å². The highest BCUT2D eigenvalue weighted by Crippen LogP contribution is 2.23. The Morgan fingerprint density at radius 2 is 2.12 bits per heavy atom. The van der Waals surface area contributed by atoms with Gasteiger partial charge in [-0.15, -0.1) is 0 Å². The summed E-state index contributed by atoms with van der Waals surface area (Å²) in [4.78, 5) is 0. The van der Waals surface area contributed by atoms with Crippen LogP contribution in [0.4, 0.5) is 5.82 Å². The SMILES string of the molecule is Nc1ccn(CCOc2ccccc2Br)n1. The highest BCUT2D eigenvalue weighted by atomic mass is 79.9. The highest BCUT2D eigenvalue weighted by molar-refractivity contribution is 9.10. The summed E-state index contributed by atoms with van der Waals surface area (Å²) >= 11 is 3.42. The van der Waals surface area contributed by atoms with Gasteiger partial charge in [0.15, 0.2) is 0 Å². The molecule has 0 bridgehead atoms. The Hall–Kier alpha value is -1.49. The minimum absolute atomic E-state index is 0.529. The van der Waals surface area contributed by atoms with Gasteiger partial charge in [-0.2, -0.15) is 5.10 Å². The van der Waals surface area contributed by atoms with Gasteiger partial charge in [-0.25, -0.2) is 0 Å². The van der Waals surface area contributed by atoms with Crippen molar-refractivity contribution >= 4 is 21.7 Å². The summed E-state index contributed by atoms with van der Waals surface area (Å²) in [5, 5.41) is 4.07. The van der Waals surface area contributed by atoms with Crippen LogP contribution in [0.25, 0.3) is 0 Å². The lowest BCUT2D eigenvalue weighted by atomic mass is 10.3. The third kappa shape index (κ3) is 2.76. The van der Waals surface area contributed by atoms with Crippen LogP contribution in [0.15, 0.2) is 41.0 Å². The van der Waals surface area contributed by atoms with Crippen molar-refractivity contribution in [1.82, 2.24) is 9.78 Å². The quantitative estimate of drug-likeness (QED) is 0.936. The van der Waals surface area contributed by atoms with E-state index in [-0.39, 0.29) is 0 Å². The highest BCUT2D eigenvalue weighted by Gasteiger charge is 1.99. The Labute approximate surface area is 102 Å². The number of nitrogens with two attached hydrogens (primary N) is 1. The average molecular weight is 282 g/mol. The van der Waals surface area contributed by atoms with E-state index < -0.39 is 0 Å². The number of para-hydroxylation sites is 1. The maximum absolute atomic E-state index is 5.60. The number of nitrogens with zero attached hydrogens (tertiary/aromatic N) is 2. The molecule has 0 aliphatic heterocycles. The van der Waals surface area contributed by atoms with Gasteiger partial charge in [-0.1, -0.05) is 12.1 Å². The van der Waals surface area contributed by atoms with Crippen LogP contribution >= 0.6 is 15.9 Å². The van der Waals surface area contributed by atoms with Gasteiger partial charge in [0.25, 0.3) is 0 Å². The van der Waals surface area contributed by atoms with E-state index in [0.29, 0.717) is 19.0 Å². The summed E-state index contributed by atoms with van der Waals surface area (Å²) in [6.45, 7) is 1.24. The van der Waals surface area contributed by atoms with Crippen molar-refractivity contribution in [3.63, 3.8) is 0 Å². The molecule has 0 fully saturated rings. The van der Waals surface area contributed by atoms with Crippen molar-refractivity contribution in [2.24, 2.45) is 0 Å². The molecule has 5 heteroatoms. The number of ether oxygens (including phenoxy) is 1. The van der Waals surface area contributed by atoms with E-state index in [0.717, 1.165) is 10.2 Å². The molecule has 1 heterocycles. The smallest absolute Gasteiger partial charge is 0.145 e. The molecule has 0 saturated carbocycles. The van der Waals surface area contributed by atoms with Crippen LogP contribution in [-0.2, 0) is 6.54 Å². The number of hydrogen-bond donors (Lipinski definition) is 1. The van der Waals surface area contributed by atoms with Crippen LogP contribution in [-0.4, -0.2) is 16.4 Å². The zero-order valence-corrected chi connectivity index (χ0v) is 10.2. The van der Waals surface area contributed by atoms with Crippen LogP contribution < -0.4 is 10.5 Å². The molecule has 2 N–H and O–H groups in total. The fourth-order valence-corrected chi connectivity index (χ4v) is 1.71. The van der Waals surface area contributed by atoms with Crippen molar-refractivity contribution in [2.75, 3.05) is 12.3 Å². The fourth-order valence-electron chi connectivity index (χ4n) is 1.31. The van der Waals surface area contributed by atoms with Gasteiger partial charge in [-0.3, -0.25) is 4.68 Å². The number of rotatable bonds is 4. The molecule has 0 amide bonds. The second-order valence-corrected chi connectivity index (χ2v) is 4.14. The number of anilines is 1. The first kappa shape index (κ1) is 11.0. The minimum Gasteiger partial charge on any atom is -0.490 e. The lowest BCUT2D eigenvalue weighted by Crippen LogP contribution is -2.09. The largest absolute Gasteiger partial charge is 0.490 e. The van der Waals surface area contributed by atoms with Crippen LogP contribution in [0.3, 0.4) is 0 Å². The van der Waals surface area contributed by atoms with Gasteiger partial charge in [-0.05, 0) is 34.1 Å². The number of aromatic nitrogens is 2. The van der Waals surface area contributed by atoms with Crippen molar-refractivity contribution in [2.45, 2.75) is 6.54 Å². The predicted molar refractivity (Wildman–Crippen MR) is 66.3 cm³/mol. The van der Waals surface area contributed by atoms with E-state index in [1.54, 1.807) is 10.7 Å². The molecule has 0 atom stereocenters. The number of hydrogen-bond acceptors (Lipinski definition) is 3. The molecule has 2 rings (SSSR count). The molecule has 0 radical (unpaired) electrons. The van der Waals surface area contributed by atoms with Crippen molar-refractivity contribution in [1.29, 1.82) is 0 Å². The van der Waals surface area contributed by atoms with Gasteiger partial charge in [0, 0.05) is 6.20 Å². The Morgan fingerprint density at radius 1 is 1.31 bits per heavy atom. The van der Waals surface area contributed by atoms with Gasteiger partial charge < -0.3 is 10.5 Å². The summed E-state index contributed by atoms with van der Waals surface area (Å²) < 4.78 is 8.31. The van der Waals surface area contributed by atoms with Crippen LogP contribution in [0.5, 0.6) is 5.75 Å². The molecule has 2 aromatic rings. The van der Waals surface area contributed by atoms with E-state index in [1.165, 1.54) is 0 Å². The lowest BCUT2D eigenvalue weighted by Gasteiger charge is -2.07. The second-order valence-electron chi connectivity index (χ2n) is 3.28. The molecule has 0 aliphatic rings. The van der Waals surface area contributed by atoms with Crippen LogP contribution in [0.2, 0.25) is 0 Å². The molecular formula is C11H12BrN3O. The molecule has 0 saturated heterocycles. The van der Waals surface area contributed by atoms with Crippen molar-refractivity contribution in [3.8, 4) is 5.75 Å². The Morgan fingerprint density at radius 3 is 2.81 bits per heavy atom. The summed E-state index contributed by atoms with van der Waals surface area (Å²) in [6, 6.07) is 9.51. The molecule has 0 unspecified atom stereocenters. The van der Waals surface area contributed by atoms with Crippen molar-refractivity contribution in [3.05, 3.63) is 41.0 Å². The zero-order chi connectivity index (χ0) is 11.4. The third-order valence-corrected chi connectivity index (χ3v) is 2.73. The maximum atomic E-state index is 5.60. The molecule has 16 heavy (non-hydrogen) atoms. The molecule has 1 aromatic heterocycles. The first-order valence-corrected chi connectivity index (χ1v) is 5.71. The van der Waals surface area contributed by atoms with Gasteiger partial charge >= 0.3 is 0 Å². The van der Waals surface area contributed by atoms with Gasteiger partial charge in [0.05, 0.1) is 11.0 Å². The monoisotopic (exact) mass is 281 g/mol. The van der Waals surface area contributed by atoms with E-state index >= 15 is 0 Å². The predicted octanol–water partition coefficient (Wildman–Crippen LogP) is 2.31. The second kappa shape index (κ2) is 5.03. The normalized spacial score (nSPS) is 10.3. The number of halogens is 1.